The summed E-state index contributed by atoms with van der Waals surface area (Å²) in [7, 11) is 0. The van der Waals surface area contributed by atoms with E-state index >= 15 is 0 Å². The summed E-state index contributed by atoms with van der Waals surface area (Å²) < 4.78 is 13.0. The smallest absolute Gasteiger partial charge is 0.258 e. The number of rotatable bonds is 3. The predicted molar refractivity (Wildman–Crippen MR) is 94.2 cm³/mol. The van der Waals surface area contributed by atoms with Crippen molar-refractivity contribution in [1.29, 1.82) is 0 Å². The van der Waals surface area contributed by atoms with Crippen LogP contribution in [0.4, 0.5) is 15.1 Å². The molecule has 1 aromatic carbocycles. The van der Waals surface area contributed by atoms with E-state index < -0.39 is 0 Å². The van der Waals surface area contributed by atoms with E-state index in [9.17, 15) is 14.0 Å². The van der Waals surface area contributed by atoms with Crippen LogP contribution in [0, 0.1) is 11.7 Å². The minimum Gasteiger partial charge on any atom is -0.322 e. The van der Waals surface area contributed by atoms with Gasteiger partial charge < -0.3 is 10.6 Å². The van der Waals surface area contributed by atoms with Crippen molar-refractivity contribution >= 4 is 33.8 Å². The van der Waals surface area contributed by atoms with Gasteiger partial charge in [0.05, 0.1) is 5.56 Å². The van der Waals surface area contributed by atoms with Crippen LogP contribution in [0.25, 0.3) is 0 Å². The summed E-state index contributed by atoms with van der Waals surface area (Å²) in [4.78, 5) is 25.4. The molecule has 1 aromatic heterocycles. The molecule has 3 rings (SSSR count). The normalized spacial score (nSPS) is 16.4. The molecule has 0 fully saturated rings. The summed E-state index contributed by atoms with van der Waals surface area (Å²) in [5.41, 5.74) is 2.10. The maximum Gasteiger partial charge on any atom is 0.258 e. The maximum atomic E-state index is 13.0. The third kappa shape index (κ3) is 3.48. The molecule has 1 heterocycles. The number of hydrogen-bond donors (Lipinski definition) is 2. The van der Waals surface area contributed by atoms with E-state index in [0.29, 0.717) is 22.2 Å². The van der Waals surface area contributed by atoms with E-state index in [4.69, 9.17) is 0 Å². The van der Waals surface area contributed by atoms with Crippen molar-refractivity contribution < 1.29 is 14.0 Å². The van der Waals surface area contributed by atoms with Crippen molar-refractivity contribution in [3.8, 4) is 0 Å². The van der Waals surface area contributed by atoms with Gasteiger partial charge in [-0.15, -0.1) is 11.3 Å². The fourth-order valence-corrected chi connectivity index (χ4v) is 4.42. The van der Waals surface area contributed by atoms with Crippen LogP contribution in [0.3, 0.4) is 0 Å². The molecule has 2 N–H and O–H groups in total. The Balaban J connectivity index is 1.93. The summed E-state index contributed by atoms with van der Waals surface area (Å²) >= 11 is 1.48. The number of thiophene rings is 1. The number of fused-ring (bicyclic) bond motifs is 1. The summed E-state index contributed by atoms with van der Waals surface area (Å²) in [6, 6.07) is 5.64. The van der Waals surface area contributed by atoms with E-state index in [-0.39, 0.29) is 17.6 Å². The molecule has 1 aliphatic carbocycles. The van der Waals surface area contributed by atoms with Crippen LogP contribution in [0.2, 0.25) is 0 Å². The molecule has 24 heavy (non-hydrogen) atoms. The molecular formula is C18H19FN2O2S. The lowest BCUT2D eigenvalue weighted by Crippen LogP contribution is -2.18. The van der Waals surface area contributed by atoms with E-state index in [1.165, 1.54) is 47.4 Å². The van der Waals surface area contributed by atoms with Crippen molar-refractivity contribution in [2.45, 2.75) is 33.1 Å². The first-order chi connectivity index (χ1) is 11.4. The number of hydrogen-bond acceptors (Lipinski definition) is 3. The van der Waals surface area contributed by atoms with E-state index in [2.05, 4.69) is 17.6 Å². The lowest BCUT2D eigenvalue weighted by Gasteiger charge is -2.18. The van der Waals surface area contributed by atoms with Crippen LogP contribution in [-0.2, 0) is 17.6 Å². The van der Waals surface area contributed by atoms with Crippen LogP contribution < -0.4 is 10.6 Å². The molecule has 4 nitrogen and oxygen atoms in total. The molecule has 0 bridgehead atoms. The topological polar surface area (TPSA) is 58.2 Å². The zero-order valence-corrected chi connectivity index (χ0v) is 14.4. The van der Waals surface area contributed by atoms with Crippen molar-refractivity contribution in [2.75, 3.05) is 10.6 Å². The second-order valence-corrected chi connectivity index (χ2v) is 7.30. The van der Waals surface area contributed by atoms with Gasteiger partial charge in [0, 0.05) is 17.5 Å². The van der Waals surface area contributed by atoms with Gasteiger partial charge in [0.1, 0.15) is 10.8 Å². The molecule has 6 heteroatoms. The quantitative estimate of drug-likeness (QED) is 0.874. The van der Waals surface area contributed by atoms with Crippen molar-refractivity contribution in [1.82, 2.24) is 0 Å². The van der Waals surface area contributed by atoms with Gasteiger partial charge in [0.2, 0.25) is 5.91 Å². The van der Waals surface area contributed by atoms with Crippen LogP contribution in [0.1, 0.15) is 41.1 Å². The van der Waals surface area contributed by atoms with Gasteiger partial charge in [0.25, 0.3) is 5.91 Å². The summed E-state index contributed by atoms with van der Waals surface area (Å²) in [5, 5.41) is 6.17. The van der Waals surface area contributed by atoms with Gasteiger partial charge in [-0.25, -0.2) is 4.39 Å². The van der Waals surface area contributed by atoms with Gasteiger partial charge in [-0.3, -0.25) is 9.59 Å². The number of benzene rings is 1. The molecule has 0 radical (unpaired) electrons. The predicted octanol–water partition coefficient (Wildman–Crippen LogP) is 4.22. The fraction of sp³-hybridized carbons (Fsp3) is 0.333. The second-order valence-electron chi connectivity index (χ2n) is 6.20. The van der Waals surface area contributed by atoms with Crippen LogP contribution in [0.15, 0.2) is 24.3 Å². The molecule has 0 saturated heterocycles. The highest BCUT2D eigenvalue weighted by Gasteiger charge is 2.28. The van der Waals surface area contributed by atoms with Crippen LogP contribution >= 0.6 is 11.3 Å². The van der Waals surface area contributed by atoms with E-state index in [0.717, 1.165) is 24.8 Å². The highest BCUT2D eigenvalue weighted by atomic mass is 32.1. The lowest BCUT2D eigenvalue weighted by molar-refractivity contribution is -0.114. The first-order valence-corrected chi connectivity index (χ1v) is 8.74. The number of carbonyl (C=O) groups excluding carboxylic acids is 2. The summed E-state index contributed by atoms with van der Waals surface area (Å²) in [5.74, 6) is -0.238. The average Bonchev–Trinajstić information content (AvgIpc) is 2.85. The Kier molecular flexibility index (Phi) is 4.66. The Labute approximate surface area is 144 Å². The Hall–Kier alpha value is -2.21. The first kappa shape index (κ1) is 16.6. The Morgan fingerprint density at radius 3 is 2.58 bits per heavy atom. The molecule has 2 amide bonds. The second kappa shape index (κ2) is 6.73. The standard InChI is InChI=1S/C18H19FN2O2S/c1-10-3-8-14-15(9-10)24-18(20-11(2)22)16(14)17(23)21-13-6-4-12(19)5-7-13/h4-7,10H,3,8-9H2,1-2H3,(H,20,22)(H,21,23)/t10-/m0/s1. The monoisotopic (exact) mass is 346 g/mol. The highest BCUT2D eigenvalue weighted by Crippen LogP contribution is 2.40. The zero-order chi connectivity index (χ0) is 17.3. The van der Waals surface area contributed by atoms with Gasteiger partial charge in [0.15, 0.2) is 0 Å². The fourth-order valence-electron chi connectivity index (χ4n) is 2.97. The molecule has 126 valence electrons. The maximum absolute atomic E-state index is 13.0. The molecule has 1 atom stereocenters. The summed E-state index contributed by atoms with van der Waals surface area (Å²) in [6.07, 6.45) is 2.79. The van der Waals surface area contributed by atoms with Crippen molar-refractivity contribution in [3.63, 3.8) is 0 Å². The van der Waals surface area contributed by atoms with Crippen LogP contribution in [-0.4, -0.2) is 11.8 Å². The number of halogens is 1. The third-order valence-corrected chi connectivity index (χ3v) is 5.30. The highest BCUT2D eigenvalue weighted by molar-refractivity contribution is 7.17. The Bertz CT molecular complexity index is 783. The van der Waals surface area contributed by atoms with E-state index in [1.54, 1.807) is 0 Å². The molecule has 2 aromatic rings. The van der Waals surface area contributed by atoms with Crippen LogP contribution in [0.5, 0.6) is 0 Å². The van der Waals surface area contributed by atoms with Crippen molar-refractivity contribution in [2.24, 2.45) is 5.92 Å². The molecule has 0 unspecified atom stereocenters. The van der Waals surface area contributed by atoms with Gasteiger partial charge in [-0.1, -0.05) is 6.92 Å². The molecule has 1 aliphatic rings. The van der Waals surface area contributed by atoms with Gasteiger partial charge in [-0.05, 0) is 55.0 Å². The minimum absolute atomic E-state index is 0.197. The number of amides is 2. The molecule has 0 spiro atoms. The van der Waals surface area contributed by atoms with Gasteiger partial charge in [-0.2, -0.15) is 0 Å². The third-order valence-electron chi connectivity index (χ3n) is 4.13. The minimum atomic E-state index is -0.353. The number of anilines is 2. The average molecular weight is 346 g/mol. The number of carbonyl (C=O) groups is 2. The molecule has 0 aliphatic heterocycles. The lowest BCUT2D eigenvalue weighted by atomic mass is 9.88. The van der Waals surface area contributed by atoms with E-state index in [1.807, 2.05) is 0 Å². The largest absolute Gasteiger partial charge is 0.322 e. The Morgan fingerprint density at radius 2 is 1.92 bits per heavy atom. The number of nitrogens with one attached hydrogen (secondary N) is 2. The van der Waals surface area contributed by atoms with Crippen molar-refractivity contribution in [3.05, 3.63) is 46.1 Å². The molecule has 0 saturated carbocycles. The van der Waals surface area contributed by atoms with Gasteiger partial charge >= 0.3 is 0 Å². The molecular weight excluding hydrogens is 327 g/mol. The Morgan fingerprint density at radius 1 is 1.21 bits per heavy atom. The zero-order valence-electron chi connectivity index (χ0n) is 13.6. The summed E-state index contributed by atoms with van der Waals surface area (Å²) in [6.45, 7) is 3.63. The SMILES string of the molecule is CC(=O)Nc1sc2c(c1C(=O)Nc1ccc(F)cc1)CC[C@H](C)C2. The first-order valence-electron chi connectivity index (χ1n) is 7.93.